The van der Waals surface area contributed by atoms with Crippen molar-refractivity contribution in [3.8, 4) is 0 Å². The van der Waals surface area contributed by atoms with Crippen molar-refractivity contribution < 1.29 is 24.2 Å². The van der Waals surface area contributed by atoms with Crippen LogP contribution in [0.3, 0.4) is 0 Å². The van der Waals surface area contributed by atoms with E-state index in [4.69, 9.17) is 4.74 Å². The number of nitrogens with zero attached hydrogens (tertiary/aromatic N) is 5. The molecule has 12 nitrogen and oxygen atoms in total. The first-order valence-electron chi connectivity index (χ1n) is 18.9. The molecule has 5 heterocycles. The Hall–Kier alpha value is -4.39. The number of aromatic nitrogens is 2. The topological polar surface area (TPSA) is 140 Å². The molecule has 4 aliphatic heterocycles. The van der Waals surface area contributed by atoms with Crippen LogP contribution in [0.4, 0.5) is 11.6 Å². The lowest BCUT2D eigenvalue weighted by atomic mass is 9.83. The number of anilines is 2. The number of nitrogens with one attached hydrogen (secondary N) is 2. The van der Waals surface area contributed by atoms with Gasteiger partial charge < -0.3 is 25.0 Å². The van der Waals surface area contributed by atoms with Crippen LogP contribution in [-0.2, 0) is 37.8 Å². The molecule has 3 amide bonds. The fourth-order valence-electron chi connectivity index (χ4n) is 8.11. The van der Waals surface area contributed by atoms with Crippen LogP contribution in [0.1, 0.15) is 85.1 Å². The molecule has 3 N–H and O–H groups in total. The lowest BCUT2D eigenvalue weighted by molar-refractivity contribution is -0.141. The molecule has 4 saturated heterocycles. The van der Waals surface area contributed by atoms with Crippen LogP contribution < -0.4 is 15.5 Å². The number of aryl methyl sites for hydroxylation is 1. The fourth-order valence-corrected chi connectivity index (χ4v) is 8.11. The summed E-state index contributed by atoms with van der Waals surface area (Å²) in [4.78, 5) is 51.5. The normalized spacial score (nSPS) is 21.8. The van der Waals surface area contributed by atoms with E-state index in [1.807, 2.05) is 37.5 Å². The van der Waals surface area contributed by atoms with Gasteiger partial charge in [0.1, 0.15) is 6.04 Å². The summed E-state index contributed by atoms with van der Waals surface area (Å²) < 4.78 is 5.49. The fraction of sp³-hybridized carbons (Fsp3) is 0.525. The Bertz CT molecular complexity index is 1700. The number of imide groups is 1. The first kappa shape index (κ1) is 36.0. The molecule has 0 saturated carbocycles. The maximum absolute atomic E-state index is 12.4. The Kier molecular flexibility index (Phi) is 11.1. The van der Waals surface area contributed by atoms with Gasteiger partial charge in [0.05, 0.1) is 5.60 Å². The van der Waals surface area contributed by atoms with Gasteiger partial charge in [-0.2, -0.15) is 0 Å². The summed E-state index contributed by atoms with van der Waals surface area (Å²) in [5.74, 6) is 0.466. The van der Waals surface area contributed by atoms with E-state index in [9.17, 15) is 19.5 Å². The van der Waals surface area contributed by atoms with E-state index in [2.05, 4.69) is 54.7 Å². The Labute approximate surface area is 305 Å². The van der Waals surface area contributed by atoms with E-state index in [1.165, 1.54) is 21.7 Å². The Morgan fingerprint density at radius 1 is 0.981 bits per heavy atom. The molecule has 3 aromatic rings. The number of benzene rings is 2. The second-order valence-corrected chi connectivity index (χ2v) is 15.0. The molecule has 4 aliphatic rings. The third kappa shape index (κ3) is 8.46. The van der Waals surface area contributed by atoms with Gasteiger partial charge in [-0.25, -0.2) is 9.97 Å². The summed E-state index contributed by atoms with van der Waals surface area (Å²) in [7, 11) is 0. The van der Waals surface area contributed by atoms with E-state index in [1.54, 1.807) is 0 Å². The summed E-state index contributed by atoms with van der Waals surface area (Å²) in [6.07, 6.45) is 10.5. The molecule has 52 heavy (non-hydrogen) atoms. The highest BCUT2D eigenvalue weighted by Crippen LogP contribution is 2.35. The van der Waals surface area contributed by atoms with Gasteiger partial charge in [-0.3, -0.25) is 24.6 Å². The molecule has 1 atom stereocenters. The zero-order valence-corrected chi connectivity index (χ0v) is 30.1. The van der Waals surface area contributed by atoms with Crippen molar-refractivity contribution in [1.82, 2.24) is 25.1 Å². The van der Waals surface area contributed by atoms with Gasteiger partial charge in [0, 0.05) is 83.0 Å². The number of ether oxygens (including phenoxy) is 1. The van der Waals surface area contributed by atoms with Gasteiger partial charge in [-0.05, 0) is 97.7 Å². The summed E-state index contributed by atoms with van der Waals surface area (Å²) in [6, 6.07) is 14.5. The van der Waals surface area contributed by atoms with Crippen LogP contribution in [0, 0.1) is 6.92 Å². The molecule has 7 rings (SSSR count). The average molecular weight is 710 g/mol. The molecule has 1 aromatic heterocycles. The van der Waals surface area contributed by atoms with Crippen molar-refractivity contribution in [2.24, 2.45) is 0 Å². The molecule has 0 bridgehead atoms. The lowest BCUT2D eigenvalue weighted by Crippen LogP contribution is -2.51. The summed E-state index contributed by atoms with van der Waals surface area (Å²) in [5, 5.41) is 17.6. The molecule has 2 aromatic carbocycles. The highest BCUT2D eigenvalue weighted by molar-refractivity contribution is 6.00. The van der Waals surface area contributed by atoms with Crippen LogP contribution >= 0.6 is 0 Å². The second-order valence-electron chi connectivity index (χ2n) is 15.0. The smallest absolute Gasteiger partial charge is 0.249 e. The van der Waals surface area contributed by atoms with Crippen LogP contribution in [0.2, 0.25) is 0 Å². The first-order chi connectivity index (χ1) is 25.3. The van der Waals surface area contributed by atoms with Gasteiger partial charge in [-0.15, -0.1) is 0 Å². The third-order valence-corrected chi connectivity index (χ3v) is 11.6. The molecular formula is C40H51N7O5. The number of likely N-dealkylation sites (tertiary alicyclic amines) is 1. The van der Waals surface area contributed by atoms with Gasteiger partial charge in [-0.1, -0.05) is 30.3 Å². The van der Waals surface area contributed by atoms with E-state index in [0.717, 1.165) is 88.3 Å². The minimum Gasteiger partial charge on any atom is -0.385 e. The minimum atomic E-state index is -0.967. The predicted octanol–water partition coefficient (Wildman–Crippen LogP) is 4.01. The number of carbonyl (C=O) groups is 3. The zero-order chi connectivity index (χ0) is 36.1. The largest absolute Gasteiger partial charge is 0.385 e. The van der Waals surface area contributed by atoms with Gasteiger partial charge in [0.15, 0.2) is 0 Å². The molecule has 12 heteroatoms. The van der Waals surface area contributed by atoms with Crippen molar-refractivity contribution in [2.75, 3.05) is 49.6 Å². The number of carbonyl (C=O) groups excluding carboxylic acids is 3. The van der Waals surface area contributed by atoms with Crippen molar-refractivity contribution in [1.29, 1.82) is 0 Å². The van der Waals surface area contributed by atoms with Crippen LogP contribution in [0.15, 0.2) is 54.9 Å². The van der Waals surface area contributed by atoms with Crippen molar-refractivity contribution >= 4 is 29.9 Å². The van der Waals surface area contributed by atoms with Crippen LogP contribution in [-0.4, -0.2) is 94.6 Å². The monoisotopic (exact) mass is 709 g/mol. The SMILES string of the molecule is Cc1ccc(C2(O)CCN(Cc3ccc(N4CCC(Nc5ncc(C6CCOCC6)cn5)CC4)cc3)CC2)cc1CN(C=O)C1CCC(=O)NC1=O. The lowest BCUT2D eigenvalue weighted by Gasteiger charge is -2.39. The Morgan fingerprint density at radius 2 is 1.69 bits per heavy atom. The molecular weight excluding hydrogens is 658 g/mol. The van der Waals surface area contributed by atoms with Gasteiger partial charge in [0.25, 0.3) is 0 Å². The number of amides is 3. The summed E-state index contributed by atoms with van der Waals surface area (Å²) >= 11 is 0. The van der Waals surface area contributed by atoms with E-state index in [0.29, 0.717) is 43.6 Å². The predicted molar refractivity (Wildman–Crippen MR) is 197 cm³/mol. The second kappa shape index (κ2) is 16.1. The van der Waals surface area contributed by atoms with Gasteiger partial charge >= 0.3 is 0 Å². The molecule has 4 fully saturated rings. The molecule has 0 radical (unpaired) electrons. The standard InChI is InChI=1S/C40H51N7O5/c1-28-2-5-33(22-31(28)26-47(27-48)36-8-9-37(49)44-38(36)50)40(51)14-18-45(19-15-40)25-29-3-6-35(7-4-29)46-16-10-34(11-17-46)43-39-41-23-32(24-42-39)30-12-20-52-21-13-30/h2-7,22-24,27,30,34,36,51H,8-21,25-26H2,1H3,(H,41,42,43)(H,44,49,50). The highest BCUT2D eigenvalue weighted by atomic mass is 16.5. The van der Waals surface area contributed by atoms with Crippen LogP contribution in [0.5, 0.6) is 0 Å². The minimum absolute atomic E-state index is 0.210. The number of rotatable bonds is 11. The van der Waals surface area contributed by atoms with Gasteiger partial charge in [0.2, 0.25) is 24.2 Å². The summed E-state index contributed by atoms with van der Waals surface area (Å²) in [6.45, 7) is 8.15. The molecule has 1 unspecified atom stereocenters. The van der Waals surface area contributed by atoms with E-state index in [-0.39, 0.29) is 18.9 Å². The summed E-state index contributed by atoms with van der Waals surface area (Å²) in [5.41, 5.74) is 5.44. The molecule has 0 spiro atoms. The quantitative estimate of drug-likeness (QED) is 0.198. The number of hydrogen-bond acceptors (Lipinski definition) is 10. The first-order valence-corrected chi connectivity index (χ1v) is 18.9. The van der Waals surface area contributed by atoms with E-state index < -0.39 is 17.6 Å². The maximum atomic E-state index is 12.4. The molecule has 276 valence electrons. The molecule has 0 aliphatic carbocycles. The van der Waals surface area contributed by atoms with E-state index >= 15 is 0 Å². The third-order valence-electron chi connectivity index (χ3n) is 11.6. The number of aliphatic hydroxyl groups is 1. The number of piperidine rings is 3. The average Bonchev–Trinajstić information content (AvgIpc) is 3.17. The van der Waals surface area contributed by atoms with Crippen molar-refractivity contribution in [3.05, 3.63) is 82.7 Å². The maximum Gasteiger partial charge on any atom is 0.249 e. The Balaban J connectivity index is 0.873. The van der Waals surface area contributed by atoms with Crippen molar-refractivity contribution in [2.45, 2.75) is 95.0 Å². The van der Waals surface area contributed by atoms with Crippen molar-refractivity contribution in [3.63, 3.8) is 0 Å². The van der Waals surface area contributed by atoms with Crippen LogP contribution in [0.25, 0.3) is 0 Å². The number of hydrogen-bond donors (Lipinski definition) is 3. The highest BCUT2D eigenvalue weighted by Gasteiger charge is 2.35. The Morgan fingerprint density at radius 3 is 2.37 bits per heavy atom. The zero-order valence-electron chi connectivity index (χ0n) is 30.1.